The molecule has 4 heteroatoms. The van der Waals surface area contributed by atoms with Crippen LogP contribution in [0.3, 0.4) is 0 Å². The number of carbonyl (C=O) groups excluding carboxylic acids is 1. The van der Waals surface area contributed by atoms with Crippen LogP contribution < -0.4 is 0 Å². The van der Waals surface area contributed by atoms with Gasteiger partial charge >= 0.3 is 0 Å². The predicted octanol–water partition coefficient (Wildman–Crippen LogP) is 3.87. The summed E-state index contributed by atoms with van der Waals surface area (Å²) in [5, 5.41) is 0. The normalized spacial score (nSPS) is 10.6. The van der Waals surface area contributed by atoms with Gasteiger partial charge in [0.2, 0.25) is 0 Å². The Morgan fingerprint density at radius 3 is 2.50 bits per heavy atom. The zero-order valence-electron chi connectivity index (χ0n) is 13.6. The number of unbranched alkanes of at least 4 members (excludes halogenated alkanes) is 3. The number of hydrogen-bond donors (Lipinski definition) is 0. The molecule has 0 fully saturated rings. The molecule has 0 aliphatic carbocycles. The Kier molecular flexibility index (Phi) is 26.2. The number of hydrogen-bond acceptors (Lipinski definition) is 2. The predicted molar refractivity (Wildman–Crippen MR) is 86.8 cm³/mol. The van der Waals surface area contributed by atoms with Crippen LogP contribution >= 0.6 is 0 Å². The summed E-state index contributed by atoms with van der Waals surface area (Å²) in [5.74, 6) is 0. The minimum atomic E-state index is 0. The summed E-state index contributed by atoms with van der Waals surface area (Å²) in [6, 6.07) is 1.42. The van der Waals surface area contributed by atoms with Crippen molar-refractivity contribution in [3.05, 3.63) is 38.3 Å². The Morgan fingerprint density at radius 1 is 1.30 bits per heavy atom. The molecule has 2 nitrogen and oxygen atoms in total. The van der Waals surface area contributed by atoms with Crippen molar-refractivity contribution in [2.75, 3.05) is 13.1 Å². The van der Waals surface area contributed by atoms with Gasteiger partial charge in [-0.1, -0.05) is 37.6 Å². The SMILES string of the molecule is [2H][C-]=O.[CH2-]C=CN(C[CH2-])CCC=CCCCCC[Si]C.[Pt]. The average molecular weight is 475 g/mol. The number of allylic oxidation sites excluding steroid dienone is 2. The third-order valence-electron chi connectivity index (χ3n) is 2.65. The summed E-state index contributed by atoms with van der Waals surface area (Å²) in [6.07, 6.45) is 14.9. The van der Waals surface area contributed by atoms with Crippen molar-refractivity contribution >= 4 is 16.3 Å². The van der Waals surface area contributed by atoms with Gasteiger partial charge in [-0.05, 0) is 19.3 Å². The van der Waals surface area contributed by atoms with Crippen LogP contribution in [-0.4, -0.2) is 34.3 Å². The minimum absolute atomic E-state index is 0. The summed E-state index contributed by atoms with van der Waals surface area (Å²) in [4.78, 5) is 10.5. The van der Waals surface area contributed by atoms with E-state index >= 15 is 0 Å². The molecule has 0 unspecified atom stereocenters. The molecular formula is C16H28NOPtSi-3. The second-order valence-corrected chi connectivity index (χ2v) is 5.34. The van der Waals surface area contributed by atoms with E-state index in [0.29, 0.717) is 0 Å². The first kappa shape index (κ1) is 22.0. The molecule has 0 aliphatic heterocycles. The van der Waals surface area contributed by atoms with Crippen molar-refractivity contribution in [1.82, 2.24) is 4.90 Å². The van der Waals surface area contributed by atoms with Gasteiger partial charge in [0.25, 0.3) is 0 Å². The van der Waals surface area contributed by atoms with Gasteiger partial charge in [-0.25, -0.2) is 13.0 Å². The van der Waals surface area contributed by atoms with Crippen LogP contribution in [0.4, 0.5) is 0 Å². The van der Waals surface area contributed by atoms with Crippen molar-refractivity contribution < 1.29 is 27.2 Å². The van der Waals surface area contributed by atoms with Crippen molar-refractivity contribution in [3.63, 3.8) is 0 Å². The molecule has 0 spiro atoms. The summed E-state index contributed by atoms with van der Waals surface area (Å²) in [6.45, 7) is 12.5. The largest absolute Gasteiger partial charge is 0.545 e. The smallest absolute Gasteiger partial charge is 0.0342 e. The molecule has 0 saturated carbocycles. The molecule has 0 saturated heterocycles. The molecule has 0 atom stereocenters. The summed E-state index contributed by atoms with van der Waals surface area (Å²) in [5.41, 5.74) is 0. The van der Waals surface area contributed by atoms with Gasteiger partial charge in [-0.15, -0.1) is 6.54 Å². The molecule has 2 radical (unpaired) electrons. The standard InChI is InChI=1S/C15H27NSi.CHO.Pt/c1-4-13-16(5-2)14-11-9-7-6-8-10-12-15-17-3;1-2;/h4,7,9,13H,1-2,5-6,8,10-12,14-15H2,3H3;1H;/q-2;-1;/i;1D;. The van der Waals surface area contributed by atoms with Crippen LogP contribution in [0.2, 0.25) is 12.6 Å². The van der Waals surface area contributed by atoms with Crippen molar-refractivity contribution in [3.8, 4) is 0 Å². The molecule has 0 heterocycles. The van der Waals surface area contributed by atoms with Gasteiger partial charge in [-0.2, -0.15) is 7.57 Å². The van der Waals surface area contributed by atoms with E-state index in [1.165, 1.54) is 31.7 Å². The molecule has 0 bridgehead atoms. The molecule has 0 rings (SSSR count). The quantitative estimate of drug-likeness (QED) is 0.149. The van der Waals surface area contributed by atoms with Crippen molar-refractivity contribution in [2.24, 2.45) is 0 Å². The van der Waals surface area contributed by atoms with E-state index in [1.54, 1.807) is 0 Å². The fourth-order valence-electron chi connectivity index (χ4n) is 1.63. The van der Waals surface area contributed by atoms with E-state index in [9.17, 15) is 0 Å². The molecule has 0 amide bonds. The van der Waals surface area contributed by atoms with Crippen LogP contribution in [0.5, 0.6) is 0 Å². The van der Waals surface area contributed by atoms with Gasteiger partial charge in [0, 0.05) is 37.1 Å². The maximum Gasteiger partial charge on any atom is 0.0342 e. The number of nitrogens with zero attached hydrogens (tertiary/aromatic N) is 1. The first-order valence-corrected chi connectivity index (χ1v) is 8.55. The molecule has 120 valence electrons. The molecule has 0 N–H and O–H groups in total. The Morgan fingerprint density at radius 2 is 1.95 bits per heavy atom. The topological polar surface area (TPSA) is 20.3 Å². The first-order chi connectivity index (χ1) is 9.76. The average Bonchev–Trinajstić information content (AvgIpc) is 2.45. The number of rotatable bonds is 11. The summed E-state index contributed by atoms with van der Waals surface area (Å²) in [7, 11) is 1.13. The summed E-state index contributed by atoms with van der Waals surface area (Å²) >= 11 is 0. The van der Waals surface area contributed by atoms with Crippen LogP contribution in [0.25, 0.3) is 0 Å². The van der Waals surface area contributed by atoms with Crippen molar-refractivity contribution in [1.29, 1.82) is 0 Å². The van der Waals surface area contributed by atoms with Gasteiger partial charge in [0.1, 0.15) is 0 Å². The fourth-order valence-corrected chi connectivity index (χ4v) is 2.23. The molecule has 0 aromatic heterocycles. The maximum atomic E-state index is 8.35. The first-order valence-electron chi connectivity index (χ1n) is 7.34. The van der Waals surface area contributed by atoms with Crippen LogP contribution in [0.1, 0.15) is 33.5 Å². The zero-order chi connectivity index (χ0) is 15.5. The van der Waals surface area contributed by atoms with Crippen molar-refractivity contribution in [2.45, 2.75) is 44.7 Å². The summed E-state index contributed by atoms with van der Waals surface area (Å²) < 4.78 is 5.40. The van der Waals surface area contributed by atoms with Gasteiger partial charge < -0.3 is 16.6 Å². The Hall–Kier alpha value is -0.275. The van der Waals surface area contributed by atoms with Gasteiger partial charge in [0.15, 0.2) is 0 Å². The minimum Gasteiger partial charge on any atom is -0.545 e. The Labute approximate surface area is 144 Å². The molecule has 0 aliphatic rings. The van der Waals surface area contributed by atoms with E-state index in [0.717, 1.165) is 35.8 Å². The van der Waals surface area contributed by atoms with E-state index in [4.69, 9.17) is 6.17 Å². The van der Waals surface area contributed by atoms with Crippen LogP contribution in [-0.2, 0) is 25.9 Å². The Bertz CT molecular complexity index is 250. The van der Waals surface area contributed by atoms with E-state index in [2.05, 4.69) is 37.4 Å². The monoisotopic (exact) mass is 474 g/mol. The molecule has 0 aromatic rings. The fraction of sp³-hybridized carbons (Fsp3) is 0.562. The zero-order valence-corrected chi connectivity index (χ0v) is 15.8. The van der Waals surface area contributed by atoms with E-state index in [1.807, 2.05) is 12.3 Å². The molecule has 0 aromatic carbocycles. The maximum absolute atomic E-state index is 8.35. The second-order valence-electron chi connectivity index (χ2n) is 4.13. The van der Waals surface area contributed by atoms with Crippen LogP contribution in [0, 0.1) is 13.8 Å². The van der Waals surface area contributed by atoms with Gasteiger partial charge in [0.05, 0.1) is 0 Å². The molecular weight excluding hydrogens is 445 g/mol. The molecule has 20 heavy (non-hydrogen) atoms. The van der Waals surface area contributed by atoms with Crippen LogP contribution in [0.15, 0.2) is 24.4 Å². The third kappa shape index (κ3) is 20.1. The second kappa shape index (κ2) is 23.8. The van der Waals surface area contributed by atoms with Gasteiger partial charge in [-0.3, -0.25) is 6.77 Å². The van der Waals surface area contributed by atoms with E-state index < -0.39 is 0 Å². The van der Waals surface area contributed by atoms with E-state index in [-0.39, 0.29) is 21.1 Å². The third-order valence-corrected chi connectivity index (χ3v) is 3.50. The Balaban J connectivity index is -0.000000740.